The molecular formula is C27H33N3O. The van der Waals surface area contributed by atoms with Gasteiger partial charge in [-0.15, -0.1) is 0 Å². The van der Waals surface area contributed by atoms with Gasteiger partial charge < -0.3 is 15.0 Å². The van der Waals surface area contributed by atoms with E-state index < -0.39 is 5.60 Å². The third-order valence-corrected chi connectivity index (χ3v) is 7.36. The Balaban J connectivity index is 1.13. The molecule has 1 heterocycles. The normalized spacial score (nSPS) is 25.3. The molecule has 0 aliphatic heterocycles. The molecule has 31 heavy (non-hydrogen) atoms. The molecule has 3 aromatic rings. The van der Waals surface area contributed by atoms with Gasteiger partial charge in [0, 0.05) is 18.9 Å². The number of fused-ring (bicyclic) bond motifs is 3. The molecule has 2 bridgehead atoms. The van der Waals surface area contributed by atoms with Gasteiger partial charge in [0.05, 0.1) is 16.6 Å². The maximum Gasteiger partial charge on any atom is 0.107 e. The van der Waals surface area contributed by atoms with Gasteiger partial charge in [-0.1, -0.05) is 48.5 Å². The summed E-state index contributed by atoms with van der Waals surface area (Å²) in [6, 6.07) is 18.9. The lowest BCUT2D eigenvalue weighted by atomic mass is 9.61. The Hall–Kier alpha value is -2.43. The van der Waals surface area contributed by atoms with Crippen molar-refractivity contribution in [3.8, 4) is 0 Å². The smallest absolute Gasteiger partial charge is 0.107 e. The minimum absolute atomic E-state index is 0.289. The van der Waals surface area contributed by atoms with Gasteiger partial charge in [0.1, 0.15) is 5.82 Å². The lowest BCUT2D eigenvalue weighted by Crippen LogP contribution is -2.48. The van der Waals surface area contributed by atoms with E-state index in [1.54, 1.807) is 0 Å². The lowest BCUT2D eigenvalue weighted by molar-refractivity contribution is -0.0574. The van der Waals surface area contributed by atoms with E-state index >= 15 is 0 Å². The number of imidazole rings is 1. The maximum absolute atomic E-state index is 11.5. The van der Waals surface area contributed by atoms with Crippen molar-refractivity contribution in [3.63, 3.8) is 0 Å². The van der Waals surface area contributed by atoms with Gasteiger partial charge in [0.15, 0.2) is 0 Å². The first-order valence-corrected chi connectivity index (χ1v) is 11.7. The molecule has 1 aromatic heterocycles. The number of nitrogens with one attached hydrogen (secondary N) is 1. The second-order valence-electron chi connectivity index (χ2n) is 9.53. The number of hydrogen-bond donors (Lipinski definition) is 2. The highest BCUT2D eigenvalue weighted by molar-refractivity contribution is 5.74. The Morgan fingerprint density at radius 3 is 2.65 bits per heavy atom. The van der Waals surface area contributed by atoms with Crippen molar-refractivity contribution in [1.29, 1.82) is 0 Å². The number of benzene rings is 2. The van der Waals surface area contributed by atoms with Crippen LogP contribution in [-0.4, -0.2) is 45.7 Å². The summed E-state index contributed by atoms with van der Waals surface area (Å²) >= 11 is 0. The first-order chi connectivity index (χ1) is 15.1. The van der Waals surface area contributed by atoms with Crippen LogP contribution in [0.5, 0.6) is 0 Å². The van der Waals surface area contributed by atoms with Crippen LogP contribution in [0.2, 0.25) is 0 Å². The number of aryl methyl sites for hydroxylation is 1. The van der Waals surface area contributed by atoms with E-state index in [4.69, 9.17) is 0 Å². The van der Waals surface area contributed by atoms with Crippen LogP contribution in [0.25, 0.3) is 16.6 Å². The molecule has 4 nitrogen and oxygen atoms in total. The number of H-pyrrole nitrogens is 1. The zero-order chi connectivity index (χ0) is 21.3. The van der Waals surface area contributed by atoms with Crippen molar-refractivity contribution in [2.24, 2.45) is 11.8 Å². The summed E-state index contributed by atoms with van der Waals surface area (Å²) in [7, 11) is 2.17. The zero-order valence-electron chi connectivity index (χ0n) is 18.4. The molecule has 2 aromatic carbocycles. The van der Waals surface area contributed by atoms with E-state index in [0.29, 0.717) is 5.92 Å². The monoisotopic (exact) mass is 415 g/mol. The Bertz CT molecular complexity index is 1020. The Kier molecular flexibility index (Phi) is 5.68. The molecular weight excluding hydrogens is 382 g/mol. The summed E-state index contributed by atoms with van der Waals surface area (Å²) in [6.45, 7) is 1.96. The quantitative estimate of drug-likeness (QED) is 0.541. The largest absolute Gasteiger partial charge is 0.389 e. The average molecular weight is 416 g/mol. The Morgan fingerprint density at radius 2 is 1.87 bits per heavy atom. The van der Waals surface area contributed by atoms with E-state index in [-0.39, 0.29) is 5.92 Å². The molecule has 0 spiro atoms. The highest BCUT2D eigenvalue weighted by atomic mass is 16.3. The number of nitrogens with zero attached hydrogens (tertiary/aromatic N) is 2. The molecule has 0 amide bonds. The van der Waals surface area contributed by atoms with Crippen molar-refractivity contribution in [1.82, 2.24) is 14.9 Å². The van der Waals surface area contributed by atoms with Gasteiger partial charge in [-0.05, 0) is 74.9 Å². The summed E-state index contributed by atoms with van der Waals surface area (Å²) in [5.74, 6) is 1.85. The van der Waals surface area contributed by atoms with E-state index in [0.717, 1.165) is 62.1 Å². The fourth-order valence-electron chi connectivity index (χ4n) is 5.57. The van der Waals surface area contributed by atoms with Crippen molar-refractivity contribution in [2.45, 2.75) is 44.1 Å². The van der Waals surface area contributed by atoms with Gasteiger partial charge >= 0.3 is 0 Å². The Morgan fingerprint density at radius 1 is 1.06 bits per heavy atom. The van der Waals surface area contributed by atoms with Crippen molar-refractivity contribution >= 4 is 16.6 Å². The SMILES string of the molecule is CN(CCCc1nc2ccccc2[nH]1)CCC1(O)CC2CCC1C=C2c1ccccc1. The summed E-state index contributed by atoms with van der Waals surface area (Å²) in [5.41, 5.74) is 4.41. The molecule has 0 saturated heterocycles. The second kappa shape index (κ2) is 8.60. The average Bonchev–Trinajstić information content (AvgIpc) is 3.21. The van der Waals surface area contributed by atoms with Crippen LogP contribution in [0, 0.1) is 11.8 Å². The fraction of sp³-hybridized carbons (Fsp3) is 0.444. The molecule has 3 aliphatic rings. The van der Waals surface area contributed by atoms with E-state index in [1.807, 2.05) is 12.1 Å². The molecule has 1 fully saturated rings. The van der Waals surface area contributed by atoms with Crippen LogP contribution >= 0.6 is 0 Å². The molecule has 3 aliphatic carbocycles. The number of aromatic amines is 1. The zero-order valence-corrected chi connectivity index (χ0v) is 18.4. The molecule has 3 unspecified atom stereocenters. The molecule has 2 N–H and O–H groups in total. The highest BCUT2D eigenvalue weighted by Gasteiger charge is 2.46. The summed E-state index contributed by atoms with van der Waals surface area (Å²) in [6.07, 6.45) is 8.50. The lowest BCUT2D eigenvalue weighted by Gasteiger charge is -2.48. The standard InChI is InChI=1S/C27H33N3O/c1-30(16-7-12-26-28-24-10-5-6-11-25(24)29-26)17-15-27(31)19-21-13-14-22(27)18-23(21)20-8-3-2-4-9-20/h2-6,8-11,18,21-22,31H,7,12-17,19H2,1H3,(H,28,29). The van der Waals surface area contributed by atoms with Crippen LogP contribution < -0.4 is 0 Å². The number of aromatic nitrogens is 2. The maximum atomic E-state index is 11.5. The summed E-state index contributed by atoms with van der Waals surface area (Å²) in [4.78, 5) is 10.5. The second-order valence-corrected chi connectivity index (χ2v) is 9.53. The van der Waals surface area contributed by atoms with Crippen molar-refractivity contribution in [2.75, 3.05) is 20.1 Å². The van der Waals surface area contributed by atoms with Gasteiger partial charge in [-0.25, -0.2) is 4.98 Å². The molecule has 4 heteroatoms. The number of allylic oxidation sites excluding steroid dienone is 1. The first-order valence-electron chi connectivity index (χ1n) is 11.7. The van der Waals surface area contributed by atoms with E-state index in [1.165, 1.54) is 17.6 Å². The summed E-state index contributed by atoms with van der Waals surface area (Å²) in [5, 5.41) is 11.5. The number of hydrogen-bond acceptors (Lipinski definition) is 3. The van der Waals surface area contributed by atoms with Gasteiger partial charge in [0.25, 0.3) is 0 Å². The van der Waals surface area contributed by atoms with E-state index in [2.05, 4.69) is 70.5 Å². The molecule has 0 radical (unpaired) electrons. The third kappa shape index (κ3) is 4.32. The highest BCUT2D eigenvalue weighted by Crippen LogP contribution is 2.51. The van der Waals surface area contributed by atoms with Crippen molar-refractivity contribution in [3.05, 3.63) is 72.1 Å². The first kappa shape index (κ1) is 20.5. The molecule has 6 rings (SSSR count). The number of para-hydroxylation sites is 2. The van der Waals surface area contributed by atoms with Crippen LogP contribution in [0.1, 0.15) is 43.5 Å². The molecule has 162 valence electrons. The molecule has 3 atom stereocenters. The fourth-order valence-corrected chi connectivity index (χ4v) is 5.57. The predicted octanol–water partition coefficient (Wildman–Crippen LogP) is 5.06. The van der Waals surface area contributed by atoms with Crippen LogP contribution in [0.15, 0.2) is 60.7 Å². The Labute approximate surface area is 185 Å². The van der Waals surface area contributed by atoms with Crippen LogP contribution in [0.3, 0.4) is 0 Å². The third-order valence-electron chi connectivity index (χ3n) is 7.36. The number of aliphatic hydroxyl groups is 1. The van der Waals surface area contributed by atoms with Crippen molar-refractivity contribution < 1.29 is 5.11 Å². The van der Waals surface area contributed by atoms with E-state index in [9.17, 15) is 5.11 Å². The minimum atomic E-state index is -0.547. The van der Waals surface area contributed by atoms with Crippen LogP contribution in [-0.2, 0) is 6.42 Å². The number of rotatable bonds is 8. The minimum Gasteiger partial charge on any atom is -0.389 e. The van der Waals surface area contributed by atoms with Gasteiger partial charge in [-0.3, -0.25) is 0 Å². The van der Waals surface area contributed by atoms with Gasteiger partial charge in [0.2, 0.25) is 0 Å². The topological polar surface area (TPSA) is 52.2 Å². The summed E-state index contributed by atoms with van der Waals surface area (Å²) < 4.78 is 0. The van der Waals surface area contributed by atoms with Crippen LogP contribution in [0.4, 0.5) is 0 Å². The predicted molar refractivity (Wildman–Crippen MR) is 127 cm³/mol. The molecule has 1 saturated carbocycles. The van der Waals surface area contributed by atoms with Gasteiger partial charge in [-0.2, -0.15) is 0 Å².